The van der Waals surface area contributed by atoms with E-state index in [2.05, 4.69) is 20.1 Å². The fraction of sp³-hybridized carbons (Fsp3) is 0.600. The van der Waals surface area contributed by atoms with Gasteiger partial charge in [-0.2, -0.15) is 5.10 Å². The monoisotopic (exact) mass is 318 g/mol. The summed E-state index contributed by atoms with van der Waals surface area (Å²) in [7, 11) is 1.73. The summed E-state index contributed by atoms with van der Waals surface area (Å²) in [5.74, 6) is 1.09. The minimum absolute atomic E-state index is 0.0734. The predicted octanol–water partition coefficient (Wildman–Crippen LogP) is 0.182. The lowest BCUT2D eigenvalue weighted by Gasteiger charge is -2.31. The highest BCUT2D eigenvalue weighted by atomic mass is 16.5. The third-order valence-electron chi connectivity index (χ3n) is 4.26. The van der Waals surface area contributed by atoms with E-state index in [1.54, 1.807) is 28.9 Å². The molecule has 1 aliphatic rings. The molecule has 0 spiro atoms. The number of aromatic nitrogens is 5. The molecule has 0 amide bonds. The van der Waals surface area contributed by atoms with Crippen LogP contribution in [0.15, 0.2) is 29.6 Å². The van der Waals surface area contributed by atoms with E-state index < -0.39 is 0 Å². The lowest BCUT2D eigenvalue weighted by Crippen LogP contribution is -2.38. The van der Waals surface area contributed by atoms with Gasteiger partial charge < -0.3 is 9.64 Å². The van der Waals surface area contributed by atoms with E-state index in [0.29, 0.717) is 18.3 Å². The van der Waals surface area contributed by atoms with Crippen molar-refractivity contribution in [2.24, 2.45) is 5.92 Å². The maximum absolute atomic E-state index is 12.0. The van der Waals surface area contributed by atoms with Crippen molar-refractivity contribution >= 4 is 0 Å². The van der Waals surface area contributed by atoms with Crippen LogP contribution in [0.4, 0.5) is 0 Å². The molecule has 0 aliphatic carbocycles. The Hall–Kier alpha value is -2.06. The standard InChI is InChI=1S/C15H22N6O2/c1-23-9-8-19-6-4-13(5-7-19)10-20-15(22)3-2-14(18-20)21-12-16-11-17-21/h2-3,11-13H,4-10H2,1H3. The van der Waals surface area contributed by atoms with E-state index >= 15 is 0 Å². The molecule has 0 radical (unpaired) electrons. The van der Waals surface area contributed by atoms with Crippen LogP contribution in [-0.2, 0) is 11.3 Å². The summed E-state index contributed by atoms with van der Waals surface area (Å²) in [5.41, 5.74) is -0.0734. The van der Waals surface area contributed by atoms with Gasteiger partial charge in [0.2, 0.25) is 0 Å². The third kappa shape index (κ3) is 4.02. The fourth-order valence-electron chi connectivity index (χ4n) is 2.88. The van der Waals surface area contributed by atoms with Crippen LogP contribution in [0.2, 0.25) is 0 Å². The average Bonchev–Trinajstić information content (AvgIpc) is 3.11. The Bertz CT molecular complexity index is 661. The second-order valence-corrected chi connectivity index (χ2v) is 5.83. The number of rotatable bonds is 6. The van der Waals surface area contributed by atoms with E-state index in [-0.39, 0.29) is 5.56 Å². The van der Waals surface area contributed by atoms with Gasteiger partial charge >= 0.3 is 0 Å². The molecule has 0 atom stereocenters. The van der Waals surface area contributed by atoms with Crippen LogP contribution >= 0.6 is 0 Å². The zero-order valence-corrected chi connectivity index (χ0v) is 13.3. The van der Waals surface area contributed by atoms with E-state index in [4.69, 9.17) is 4.74 Å². The normalized spacial score (nSPS) is 16.7. The maximum atomic E-state index is 12.0. The smallest absolute Gasteiger partial charge is 0.266 e. The Morgan fingerprint density at radius 1 is 1.30 bits per heavy atom. The van der Waals surface area contributed by atoms with Gasteiger partial charge in [-0.1, -0.05) is 0 Å². The molecule has 124 valence electrons. The predicted molar refractivity (Wildman–Crippen MR) is 84.5 cm³/mol. The first-order valence-corrected chi connectivity index (χ1v) is 7.91. The van der Waals surface area contributed by atoms with Gasteiger partial charge in [0, 0.05) is 26.3 Å². The van der Waals surface area contributed by atoms with Gasteiger partial charge in [0.1, 0.15) is 12.7 Å². The molecular formula is C15H22N6O2. The first-order chi connectivity index (χ1) is 11.3. The minimum Gasteiger partial charge on any atom is -0.383 e. The highest BCUT2D eigenvalue weighted by Crippen LogP contribution is 2.18. The number of methoxy groups -OCH3 is 1. The number of hydrogen-bond donors (Lipinski definition) is 0. The quantitative estimate of drug-likeness (QED) is 0.756. The molecular weight excluding hydrogens is 296 g/mol. The highest BCUT2D eigenvalue weighted by Gasteiger charge is 2.20. The summed E-state index contributed by atoms with van der Waals surface area (Å²) in [6, 6.07) is 3.21. The van der Waals surface area contributed by atoms with Crippen LogP contribution in [-0.4, -0.2) is 62.8 Å². The Kier molecular flexibility index (Phi) is 5.14. The molecule has 0 bridgehead atoms. The lowest BCUT2D eigenvalue weighted by molar-refractivity contribution is 0.115. The lowest BCUT2D eigenvalue weighted by atomic mass is 9.97. The van der Waals surface area contributed by atoms with Crippen molar-refractivity contribution in [1.29, 1.82) is 0 Å². The zero-order chi connectivity index (χ0) is 16.1. The van der Waals surface area contributed by atoms with Crippen molar-refractivity contribution in [3.8, 4) is 5.82 Å². The summed E-state index contributed by atoms with van der Waals surface area (Å²) in [6.07, 6.45) is 5.18. The minimum atomic E-state index is -0.0734. The van der Waals surface area contributed by atoms with E-state index in [1.165, 1.54) is 12.4 Å². The summed E-state index contributed by atoms with van der Waals surface area (Å²) >= 11 is 0. The molecule has 8 nitrogen and oxygen atoms in total. The molecule has 3 heterocycles. The Morgan fingerprint density at radius 2 is 2.13 bits per heavy atom. The van der Waals surface area contributed by atoms with Gasteiger partial charge in [0.25, 0.3) is 5.56 Å². The number of likely N-dealkylation sites (tertiary alicyclic amines) is 1. The number of ether oxygens (including phenoxy) is 1. The van der Waals surface area contributed by atoms with Crippen LogP contribution in [0.25, 0.3) is 5.82 Å². The van der Waals surface area contributed by atoms with Gasteiger partial charge in [0.05, 0.1) is 6.61 Å². The van der Waals surface area contributed by atoms with Crippen molar-refractivity contribution in [2.45, 2.75) is 19.4 Å². The maximum Gasteiger partial charge on any atom is 0.266 e. The molecule has 0 unspecified atom stereocenters. The Morgan fingerprint density at radius 3 is 2.83 bits per heavy atom. The summed E-state index contributed by atoms with van der Waals surface area (Å²) in [6.45, 7) is 4.49. The molecule has 1 saturated heterocycles. The summed E-state index contributed by atoms with van der Waals surface area (Å²) in [5, 5.41) is 8.46. The molecule has 0 saturated carbocycles. The van der Waals surface area contributed by atoms with Gasteiger partial charge in [-0.05, 0) is 37.9 Å². The van der Waals surface area contributed by atoms with Crippen LogP contribution in [0.5, 0.6) is 0 Å². The van der Waals surface area contributed by atoms with Gasteiger partial charge in [-0.25, -0.2) is 14.3 Å². The van der Waals surface area contributed by atoms with Gasteiger partial charge in [-0.15, -0.1) is 5.10 Å². The topological polar surface area (TPSA) is 78.1 Å². The largest absolute Gasteiger partial charge is 0.383 e. The molecule has 23 heavy (non-hydrogen) atoms. The van der Waals surface area contributed by atoms with Crippen molar-refractivity contribution in [3.05, 3.63) is 35.1 Å². The summed E-state index contributed by atoms with van der Waals surface area (Å²) < 4.78 is 8.23. The fourth-order valence-corrected chi connectivity index (χ4v) is 2.88. The number of piperidine rings is 1. The third-order valence-corrected chi connectivity index (χ3v) is 4.26. The average molecular weight is 318 g/mol. The molecule has 8 heteroatoms. The van der Waals surface area contributed by atoms with E-state index in [1.807, 2.05) is 0 Å². The molecule has 0 aromatic carbocycles. The van der Waals surface area contributed by atoms with Crippen molar-refractivity contribution in [2.75, 3.05) is 33.4 Å². The SMILES string of the molecule is COCCN1CCC(Cn2nc(-n3cncn3)ccc2=O)CC1. The van der Waals surface area contributed by atoms with Crippen LogP contribution < -0.4 is 5.56 Å². The molecule has 2 aromatic heterocycles. The van der Waals surface area contributed by atoms with Gasteiger partial charge in [0.15, 0.2) is 5.82 Å². The first kappa shape index (κ1) is 15.8. The Balaban J connectivity index is 1.62. The van der Waals surface area contributed by atoms with Crippen LogP contribution in [0.3, 0.4) is 0 Å². The van der Waals surface area contributed by atoms with E-state index in [0.717, 1.165) is 39.1 Å². The van der Waals surface area contributed by atoms with Crippen molar-refractivity contribution in [3.63, 3.8) is 0 Å². The van der Waals surface area contributed by atoms with E-state index in [9.17, 15) is 4.79 Å². The molecule has 0 N–H and O–H groups in total. The zero-order valence-electron chi connectivity index (χ0n) is 13.3. The van der Waals surface area contributed by atoms with Crippen molar-refractivity contribution in [1.82, 2.24) is 29.4 Å². The van der Waals surface area contributed by atoms with Crippen LogP contribution in [0.1, 0.15) is 12.8 Å². The summed E-state index contributed by atoms with van der Waals surface area (Å²) in [4.78, 5) is 18.4. The number of nitrogens with zero attached hydrogens (tertiary/aromatic N) is 6. The first-order valence-electron chi connectivity index (χ1n) is 7.91. The molecule has 3 rings (SSSR count). The second kappa shape index (κ2) is 7.47. The molecule has 1 aliphatic heterocycles. The van der Waals surface area contributed by atoms with Crippen molar-refractivity contribution < 1.29 is 4.74 Å². The molecule has 1 fully saturated rings. The second-order valence-electron chi connectivity index (χ2n) is 5.83. The number of hydrogen-bond acceptors (Lipinski definition) is 6. The Labute approximate surface area is 134 Å². The molecule has 2 aromatic rings. The highest BCUT2D eigenvalue weighted by molar-refractivity contribution is 5.16. The van der Waals surface area contributed by atoms with Gasteiger partial charge in [-0.3, -0.25) is 4.79 Å². The van der Waals surface area contributed by atoms with Crippen LogP contribution in [0, 0.1) is 5.92 Å².